The summed E-state index contributed by atoms with van der Waals surface area (Å²) in [6.07, 6.45) is 0. The Morgan fingerprint density at radius 1 is 0.885 bits per heavy atom. The minimum Gasteiger partial charge on any atom is -0.381 e. The third-order valence-electron chi connectivity index (χ3n) is 4.57. The maximum absolute atomic E-state index is 4.73. The Morgan fingerprint density at radius 3 is 2.31 bits per heavy atom. The van der Waals surface area contributed by atoms with Gasteiger partial charge in [0.1, 0.15) is 5.01 Å². The van der Waals surface area contributed by atoms with Crippen molar-refractivity contribution in [1.29, 1.82) is 0 Å². The monoisotopic (exact) mass is 358 g/mol. The fraction of sp³-hybridized carbons (Fsp3) is 0.174. The van der Waals surface area contributed by atoms with Crippen LogP contribution >= 0.6 is 11.3 Å². The van der Waals surface area contributed by atoms with Gasteiger partial charge in [0.05, 0.1) is 10.2 Å². The van der Waals surface area contributed by atoms with E-state index in [1.54, 1.807) is 11.3 Å². The summed E-state index contributed by atoms with van der Waals surface area (Å²) in [7, 11) is 0. The Labute approximate surface area is 158 Å². The molecule has 0 unspecified atom stereocenters. The van der Waals surface area contributed by atoms with Crippen LogP contribution in [0.1, 0.15) is 30.9 Å². The highest BCUT2D eigenvalue weighted by Gasteiger charge is 2.06. The molecule has 0 atom stereocenters. The van der Waals surface area contributed by atoms with Crippen LogP contribution in [-0.2, 0) is 6.54 Å². The topological polar surface area (TPSA) is 24.9 Å². The van der Waals surface area contributed by atoms with Gasteiger partial charge in [-0.25, -0.2) is 4.98 Å². The normalized spacial score (nSPS) is 11.2. The summed E-state index contributed by atoms with van der Waals surface area (Å²) >= 11 is 1.74. The van der Waals surface area contributed by atoms with E-state index in [1.807, 2.05) is 6.07 Å². The van der Waals surface area contributed by atoms with Crippen LogP contribution in [-0.4, -0.2) is 4.98 Å². The minimum absolute atomic E-state index is 0.576. The van der Waals surface area contributed by atoms with E-state index in [2.05, 4.69) is 85.9 Å². The van der Waals surface area contributed by atoms with Gasteiger partial charge in [-0.15, -0.1) is 11.3 Å². The SMILES string of the molecule is CC(C)c1ccc(CNc2ccc(-c3nc4ccccc4s3)cc2)cc1. The van der Waals surface area contributed by atoms with E-state index in [9.17, 15) is 0 Å². The smallest absolute Gasteiger partial charge is 0.124 e. The van der Waals surface area contributed by atoms with Gasteiger partial charge in [-0.2, -0.15) is 0 Å². The standard InChI is InChI=1S/C23H22N2S/c1-16(2)18-9-7-17(8-10-18)15-24-20-13-11-19(12-14-20)23-25-21-5-3-4-6-22(21)26-23/h3-14,16,24H,15H2,1-2H3. The van der Waals surface area contributed by atoms with E-state index in [1.165, 1.54) is 15.8 Å². The van der Waals surface area contributed by atoms with Crippen LogP contribution in [0, 0.1) is 0 Å². The number of aromatic nitrogens is 1. The molecule has 130 valence electrons. The number of rotatable bonds is 5. The van der Waals surface area contributed by atoms with Gasteiger partial charge in [-0.3, -0.25) is 0 Å². The van der Waals surface area contributed by atoms with Crippen molar-refractivity contribution < 1.29 is 0 Å². The molecule has 4 aromatic rings. The molecule has 0 amide bonds. The number of benzene rings is 3. The maximum Gasteiger partial charge on any atom is 0.124 e. The van der Waals surface area contributed by atoms with Crippen LogP contribution in [0.4, 0.5) is 5.69 Å². The first-order chi connectivity index (χ1) is 12.7. The second-order valence-corrected chi connectivity index (χ2v) is 7.84. The highest BCUT2D eigenvalue weighted by Crippen LogP contribution is 2.30. The summed E-state index contributed by atoms with van der Waals surface area (Å²) in [5.74, 6) is 0.576. The quantitative estimate of drug-likeness (QED) is 0.429. The predicted octanol–water partition coefficient (Wildman–Crippen LogP) is 6.70. The van der Waals surface area contributed by atoms with Crippen LogP contribution in [0.3, 0.4) is 0 Å². The lowest BCUT2D eigenvalue weighted by atomic mass is 10.0. The minimum atomic E-state index is 0.576. The summed E-state index contributed by atoms with van der Waals surface area (Å²) in [6.45, 7) is 5.28. The zero-order chi connectivity index (χ0) is 17.9. The van der Waals surface area contributed by atoms with E-state index >= 15 is 0 Å². The lowest BCUT2D eigenvalue weighted by Crippen LogP contribution is -1.99. The van der Waals surface area contributed by atoms with Crippen LogP contribution in [0.15, 0.2) is 72.8 Å². The molecule has 0 aliphatic carbocycles. The first-order valence-electron chi connectivity index (χ1n) is 8.98. The molecule has 26 heavy (non-hydrogen) atoms. The van der Waals surface area contributed by atoms with Crippen molar-refractivity contribution in [2.24, 2.45) is 0 Å². The van der Waals surface area contributed by atoms with Gasteiger partial charge in [0, 0.05) is 17.8 Å². The van der Waals surface area contributed by atoms with Gasteiger partial charge in [0.2, 0.25) is 0 Å². The van der Waals surface area contributed by atoms with E-state index in [-0.39, 0.29) is 0 Å². The number of thiazole rings is 1. The molecule has 0 saturated heterocycles. The molecule has 0 spiro atoms. The number of nitrogens with zero attached hydrogens (tertiary/aromatic N) is 1. The summed E-state index contributed by atoms with van der Waals surface area (Å²) in [6, 6.07) is 25.7. The Kier molecular flexibility index (Phi) is 4.72. The number of anilines is 1. The molecule has 0 bridgehead atoms. The van der Waals surface area contributed by atoms with Crippen molar-refractivity contribution in [3.8, 4) is 10.6 Å². The molecule has 1 N–H and O–H groups in total. The molecular weight excluding hydrogens is 336 g/mol. The summed E-state index contributed by atoms with van der Waals surface area (Å²) in [5, 5.41) is 4.57. The van der Waals surface area contributed by atoms with E-state index in [0.717, 1.165) is 28.3 Å². The predicted molar refractivity (Wildman–Crippen MR) is 113 cm³/mol. The average molecular weight is 359 g/mol. The van der Waals surface area contributed by atoms with Crippen molar-refractivity contribution in [3.63, 3.8) is 0 Å². The summed E-state index contributed by atoms with van der Waals surface area (Å²) in [4.78, 5) is 4.73. The molecule has 0 radical (unpaired) electrons. The lowest BCUT2D eigenvalue weighted by Gasteiger charge is -2.09. The molecule has 0 fully saturated rings. The molecule has 0 aliphatic heterocycles. The second kappa shape index (κ2) is 7.30. The fourth-order valence-electron chi connectivity index (χ4n) is 2.95. The van der Waals surface area contributed by atoms with Gasteiger partial charge in [0.15, 0.2) is 0 Å². The summed E-state index contributed by atoms with van der Waals surface area (Å²) < 4.78 is 1.23. The molecule has 2 nitrogen and oxygen atoms in total. The Hall–Kier alpha value is -2.65. The molecule has 1 aromatic heterocycles. The van der Waals surface area contributed by atoms with Crippen molar-refractivity contribution in [1.82, 2.24) is 4.98 Å². The highest BCUT2D eigenvalue weighted by molar-refractivity contribution is 7.21. The number of nitrogens with one attached hydrogen (secondary N) is 1. The van der Waals surface area contributed by atoms with Gasteiger partial charge < -0.3 is 5.32 Å². The zero-order valence-electron chi connectivity index (χ0n) is 15.1. The first-order valence-corrected chi connectivity index (χ1v) is 9.79. The molecular formula is C23H22N2S. The van der Waals surface area contributed by atoms with Crippen LogP contribution in [0.5, 0.6) is 0 Å². The van der Waals surface area contributed by atoms with Gasteiger partial charge >= 0.3 is 0 Å². The summed E-state index contributed by atoms with van der Waals surface area (Å²) in [5.41, 5.74) is 6.04. The second-order valence-electron chi connectivity index (χ2n) is 6.81. The van der Waals surface area contributed by atoms with Crippen molar-refractivity contribution >= 4 is 27.2 Å². The number of hydrogen-bond donors (Lipinski definition) is 1. The third-order valence-corrected chi connectivity index (χ3v) is 5.65. The number of para-hydroxylation sites is 1. The first kappa shape index (κ1) is 16.8. The fourth-order valence-corrected chi connectivity index (χ4v) is 3.92. The number of hydrogen-bond acceptors (Lipinski definition) is 3. The highest BCUT2D eigenvalue weighted by atomic mass is 32.1. The molecule has 0 aliphatic rings. The largest absolute Gasteiger partial charge is 0.381 e. The van der Waals surface area contributed by atoms with Gasteiger partial charge in [0.25, 0.3) is 0 Å². The van der Waals surface area contributed by atoms with Crippen molar-refractivity contribution in [3.05, 3.63) is 83.9 Å². The van der Waals surface area contributed by atoms with Crippen LogP contribution in [0.25, 0.3) is 20.8 Å². The Bertz CT molecular complexity index is 966. The van der Waals surface area contributed by atoms with Crippen molar-refractivity contribution in [2.75, 3.05) is 5.32 Å². The number of fused-ring (bicyclic) bond motifs is 1. The zero-order valence-corrected chi connectivity index (χ0v) is 15.9. The maximum atomic E-state index is 4.73. The van der Waals surface area contributed by atoms with Crippen LogP contribution < -0.4 is 5.32 Å². The van der Waals surface area contributed by atoms with Gasteiger partial charge in [-0.05, 0) is 53.4 Å². The molecule has 3 aromatic carbocycles. The van der Waals surface area contributed by atoms with Crippen molar-refractivity contribution in [2.45, 2.75) is 26.3 Å². The van der Waals surface area contributed by atoms with E-state index in [4.69, 9.17) is 4.98 Å². The van der Waals surface area contributed by atoms with Crippen LogP contribution in [0.2, 0.25) is 0 Å². The lowest BCUT2D eigenvalue weighted by molar-refractivity contribution is 0.865. The third kappa shape index (κ3) is 3.63. The molecule has 3 heteroatoms. The van der Waals surface area contributed by atoms with E-state index in [0.29, 0.717) is 5.92 Å². The molecule has 0 saturated carbocycles. The molecule has 4 rings (SSSR count). The Balaban J connectivity index is 1.44. The van der Waals surface area contributed by atoms with E-state index < -0.39 is 0 Å². The van der Waals surface area contributed by atoms with Gasteiger partial charge in [-0.1, -0.05) is 50.2 Å². The molecule has 1 heterocycles. The Morgan fingerprint density at radius 2 is 1.62 bits per heavy atom. The average Bonchev–Trinajstić information content (AvgIpc) is 3.11.